The Morgan fingerprint density at radius 3 is 2.65 bits per heavy atom. The fourth-order valence-corrected chi connectivity index (χ4v) is 3.55. The van der Waals surface area contributed by atoms with E-state index in [1.54, 1.807) is 12.3 Å². The molecule has 0 amide bonds. The van der Waals surface area contributed by atoms with Crippen LogP contribution in [0.2, 0.25) is 0 Å². The van der Waals surface area contributed by atoms with E-state index in [9.17, 15) is 8.42 Å². The Morgan fingerprint density at radius 2 is 2.10 bits per heavy atom. The third-order valence-corrected chi connectivity index (χ3v) is 5.35. The zero-order valence-corrected chi connectivity index (χ0v) is 13.2. The molecule has 0 unspecified atom stereocenters. The summed E-state index contributed by atoms with van der Waals surface area (Å²) in [6, 6.07) is 1.77. The second-order valence-electron chi connectivity index (χ2n) is 5.38. The molecular formula is C14H25N3O2S. The van der Waals surface area contributed by atoms with Crippen LogP contribution in [-0.4, -0.2) is 26.1 Å². The van der Waals surface area contributed by atoms with Gasteiger partial charge in [-0.3, -0.25) is 0 Å². The van der Waals surface area contributed by atoms with Crippen molar-refractivity contribution in [2.45, 2.75) is 51.1 Å². The van der Waals surface area contributed by atoms with Crippen LogP contribution in [0.4, 0.5) is 0 Å². The van der Waals surface area contributed by atoms with Gasteiger partial charge in [0.1, 0.15) is 0 Å². The third-order valence-electron chi connectivity index (χ3n) is 3.95. The SMILES string of the molecule is CCNCc1cc(S(=O)(=O)NCC2CCC2)cn1CC. The molecule has 0 aromatic carbocycles. The van der Waals surface area contributed by atoms with Crippen LogP contribution < -0.4 is 10.0 Å². The molecule has 1 aliphatic carbocycles. The van der Waals surface area contributed by atoms with Gasteiger partial charge in [0.2, 0.25) is 10.0 Å². The molecule has 0 spiro atoms. The van der Waals surface area contributed by atoms with E-state index in [2.05, 4.69) is 10.0 Å². The molecule has 1 saturated carbocycles. The zero-order chi connectivity index (χ0) is 14.6. The van der Waals surface area contributed by atoms with Crippen LogP contribution in [0.25, 0.3) is 0 Å². The van der Waals surface area contributed by atoms with Gasteiger partial charge < -0.3 is 9.88 Å². The maximum absolute atomic E-state index is 12.3. The molecule has 0 saturated heterocycles. The van der Waals surface area contributed by atoms with Gasteiger partial charge in [-0.05, 0) is 38.3 Å². The Kier molecular flexibility index (Phi) is 5.23. The number of hydrogen-bond acceptors (Lipinski definition) is 3. The average molecular weight is 299 g/mol. The highest BCUT2D eigenvalue weighted by Gasteiger charge is 2.22. The van der Waals surface area contributed by atoms with Crippen LogP contribution in [0.15, 0.2) is 17.2 Å². The van der Waals surface area contributed by atoms with Crippen LogP contribution in [-0.2, 0) is 23.1 Å². The summed E-state index contributed by atoms with van der Waals surface area (Å²) < 4.78 is 29.3. The van der Waals surface area contributed by atoms with Crippen molar-refractivity contribution in [3.05, 3.63) is 18.0 Å². The molecule has 1 heterocycles. The molecule has 20 heavy (non-hydrogen) atoms. The maximum Gasteiger partial charge on any atom is 0.242 e. The summed E-state index contributed by atoms with van der Waals surface area (Å²) in [5.41, 5.74) is 1.01. The molecule has 1 aliphatic rings. The fourth-order valence-electron chi connectivity index (χ4n) is 2.38. The van der Waals surface area contributed by atoms with Gasteiger partial charge in [0.05, 0.1) is 4.90 Å². The lowest BCUT2D eigenvalue weighted by Crippen LogP contribution is -2.32. The van der Waals surface area contributed by atoms with Crippen molar-refractivity contribution in [3.63, 3.8) is 0 Å². The van der Waals surface area contributed by atoms with Crippen molar-refractivity contribution >= 4 is 10.0 Å². The number of aromatic nitrogens is 1. The normalized spacial score (nSPS) is 16.3. The number of sulfonamides is 1. The number of nitrogens with zero attached hydrogens (tertiary/aromatic N) is 1. The molecule has 5 nitrogen and oxygen atoms in total. The van der Waals surface area contributed by atoms with E-state index in [-0.39, 0.29) is 0 Å². The van der Waals surface area contributed by atoms with Gasteiger partial charge in [0.15, 0.2) is 0 Å². The summed E-state index contributed by atoms with van der Waals surface area (Å²) in [6.45, 7) is 6.98. The summed E-state index contributed by atoms with van der Waals surface area (Å²) in [5, 5.41) is 3.24. The van der Waals surface area contributed by atoms with Gasteiger partial charge in [-0.1, -0.05) is 13.3 Å². The molecule has 1 aromatic heterocycles. The Bertz CT molecular complexity index is 533. The van der Waals surface area contributed by atoms with E-state index in [0.29, 0.717) is 23.9 Å². The predicted molar refractivity (Wildman–Crippen MR) is 80.0 cm³/mol. The summed E-state index contributed by atoms with van der Waals surface area (Å²) in [6.07, 6.45) is 5.25. The smallest absolute Gasteiger partial charge is 0.242 e. The van der Waals surface area contributed by atoms with Crippen molar-refractivity contribution in [1.82, 2.24) is 14.6 Å². The van der Waals surface area contributed by atoms with Crippen LogP contribution in [0, 0.1) is 5.92 Å². The number of rotatable bonds is 8. The third kappa shape index (κ3) is 3.62. The Hall–Kier alpha value is -0.850. The van der Waals surface area contributed by atoms with Crippen molar-refractivity contribution in [3.8, 4) is 0 Å². The van der Waals surface area contributed by atoms with Crippen LogP contribution in [0.1, 0.15) is 38.8 Å². The molecular weight excluding hydrogens is 274 g/mol. The topological polar surface area (TPSA) is 63.1 Å². The zero-order valence-electron chi connectivity index (χ0n) is 12.4. The van der Waals surface area contributed by atoms with Gasteiger partial charge in [0.25, 0.3) is 0 Å². The van der Waals surface area contributed by atoms with Crippen LogP contribution in [0.5, 0.6) is 0 Å². The van der Waals surface area contributed by atoms with Gasteiger partial charge in [0, 0.05) is 31.5 Å². The van der Waals surface area contributed by atoms with Crippen LogP contribution in [0.3, 0.4) is 0 Å². The number of nitrogens with one attached hydrogen (secondary N) is 2. The fraction of sp³-hybridized carbons (Fsp3) is 0.714. The molecule has 1 fully saturated rings. The first-order chi connectivity index (χ1) is 9.56. The van der Waals surface area contributed by atoms with Gasteiger partial charge in [-0.15, -0.1) is 0 Å². The summed E-state index contributed by atoms with van der Waals surface area (Å²) in [5.74, 6) is 0.527. The summed E-state index contributed by atoms with van der Waals surface area (Å²) in [7, 11) is -3.37. The molecule has 0 radical (unpaired) electrons. The Morgan fingerprint density at radius 1 is 1.35 bits per heavy atom. The molecule has 0 atom stereocenters. The highest BCUT2D eigenvalue weighted by Crippen LogP contribution is 2.26. The monoisotopic (exact) mass is 299 g/mol. The van der Waals surface area contributed by atoms with E-state index < -0.39 is 10.0 Å². The van der Waals surface area contributed by atoms with Crippen molar-refractivity contribution in [2.75, 3.05) is 13.1 Å². The van der Waals surface area contributed by atoms with E-state index in [1.165, 1.54) is 6.42 Å². The van der Waals surface area contributed by atoms with Crippen LogP contribution >= 0.6 is 0 Å². The minimum Gasteiger partial charge on any atom is -0.349 e. The molecule has 0 bridgehead atoms. The van der Waals surface area contributed by atoms with E-state index >= 15 is 0 Å². The minimum absolute atomic E-state index is 0.381. The molecule has 114 valence electrons. The summed E-state index contributed by atoms with van der Waals surface area (Å²) in [4.78, 5) is 0.381. The van der Waals surface area contributed by atoms with E-state index in [1.807, 2.05) is 18.4 Å². The number of hydrogen-bond donors (Lipinski definition) is 2. The Labute approximate surface area is 121 Å². The van der Waals surface area contributed by atoms with E-state index in [4.69, 9.17) is 0 Å². The van der Waals surface area contributed by atoms with Gasteiger partial charge in [-0.2, -0.15) is 0 Å². The Balaban J connectivity index is 2.07. The summed E-state index contributed by atoms with van der Waals surface area (Å²) >= 11 is 0. The molecule has 6 heteroatoms. The number of aryl methyl sites for hydroxylation is 1. The second kappa shape index (κ2) is 6.74. The van der Waals surface area contributed by atoms with Gasteiger partial charge >= 0.3 is 0 Å². The molecule has 2 N–H and O–H groups in total. The first kappa shape index (κ1) is 15.5. The van der Waals surface area contributed by atoms with E-state index in [0.717, 1.165) is 31.6 Å². The van der Waals surface area contributed by atoms with Crippen molar-refractivity contribution in [1.29, 1.82) is 0 Å². The molecule has 2 rings (SSSR count). The minimum atomic E-state index is -3.37. The first-order valence-corrected chi connectivity index (χ1v) is 8.94. The lowest BCUT2D eigenvalue weighted by Gasteiger charge is -2.25. The highest BCUT2D eigenvalue weighted by atomic mass is 32.2. The molecule has 1 aromatic rings. The first-order valence-electron chi connectivity index (χ1n) is 7.46. The largest absolute Gasteiger partial charge is 0.349 e. The lowest BCUT2D eigenvalue weighted by molar-refractivity contribution is 0.316. The quantitative estimate of drug-likeness (QED) is 0.768. The predicted octanol–water partition coefficient (Wildman–Crippen LogP) is 1.70. The molecule has 0 aliphatic heterocycles. The van der Waals surface area contributed by atoms with Crippen molar-refractivity contribution < 1.29 is 8.42 Å². The highest BCUT2D eigenvalue weighted by molar-refractivity contribution is 7.89. The average Bonchev–Trinajstić information content (AvgIpc) is 2.78. The van der Waals surface area contributed by atoms with Crippen molar-refractivity contribution in [2.24, 2.45) is 5.92 Å². The maximum atomic E-state index is 12.3. The standard InChI is InChI=1S/C14H25N3O2S/c1-3-15-10-13-8-14(11-17(13)4-2)20(18,19)16-9-12-6-5-7-12/h8,11-12,15-16H,3-7,9-10H2,1-2H3. The lowest BCUT2D eigenvalue weighted by atomic mass is 9.86. The second-order valence-corrected chi connectivity index (χ2v) is 7.15. The van der Waals surface area contributed by atoms with Gasteiger partial charge in [-0.25, -0.2) is 13.1 Å².